The van der Waals surface area contributed by atoms with Gasteiger partial charge in [-0.15, -0.1) is 0 Å². The number of anilines is 1. The molecule has 16 nitrogen and oxygen atoms in total. The Kier molecular flexibility index (Phi) is 16.0. The summed E-state index contributed by atoms with van der Waals surface area (Å²) in [7, 11) is 1.44. The minimum Gasteiger partial charge on any atom is -0.507 e. The van der Waals surface area contributed by atoms with Crippen LogP contribution in [-0.2, 0) is 28.6 Å². The van der Waals surface area contributed by atoms with Crippen LogP contribution in [0, 0.1) is 30.6 Å². The molecule has 0 fully saturated rings. The second-order valence-corrected chi connectivity index (χ2v) is 15.9. The summed E-state index contributed by atoms with van der Waals surface area (Å²) in [5, 5.41) is 52.0. The van der Waals surface area contributed by atoms with E-state index in [2.05, 4.69) is 5.32 Å². The van der Waals surface area contributed by atoms with Gasteiger partial charge in [0.2, 0.25) is 0 Å². The Morgan fingerprint density at radius 1 is 0.918 bits per heavy atom. The number of ketones is 1. The molecule has 336 valence electrons. The molecule has 2 amide bonds. The number of Topliss-reactive ketones (excluding diaryl/α,β-unsaturated/α-hetero) is 1. The van der Waals surface area contributed by atoms with Gasteiger partial charge in [-0.1, -0.05) is 59.8 Å². The van der Waals surface area contributed by atoms with Crippen LogP contribution in [0.1, 0.15) is 85.2 Å². The molecule has 5 N–H and O–H groups in total. The van der Waals surface area contributed by atoms with Crippen molar-refractivity contribution in [1.29, 1.82) is 0 Å². The van der Waals surface area contributed by atoms with Crippen molar-refractivity contribution < 1.29 is 63.3 Å². The number of carbonyl (C=O) groups excluding carboxylic acids is 4. The molecule has 0 unspecified atom stereocenters. The van der Waals surface area contributed by atoms with Crippen molar-refractivity contribution in [1.82, 2.24) is 10.0 Å². The van der Waals surface area contributed by atoms with Crippen LogP contribution in [0.3, 0.4) is 0 Å². The van der Waals surface area contributed by atoms with E-state index in [9.17, 15) is 39.6 Å². The Labute approximate surface area is 357 Å². The van der Waals surface area contributed by atoms with E-state index < -0.39 is 95.5 Å². The number of phenolic OH excluding ortho intramolecular Hbond substituents is 2. The molecule has 5 bridgehead atoms. The van der Waals surface area contributed by atoms with Gasteiger partial charge in [0.05, 0.1) is 41.2 Å². The number of aromatic hydroxyl groups is 2. The van der Waals surface area contributed by atoms with E-state index in [4.69, 9.17) is 23.7 Å². The molecule has 9 atom stereocenters. The second-order valence-electron chi connectivity index (χ2n) is 15.9. The first-order valence-corrected chi connectivity index (χ1v) is 20.7. The van der Waals surface area contributed by atoms with Crippen LogP contribution in [-0.4, -0.2) is 118 Å². The van der Waals surface area contributed by atoms with Crippen LogP contribution in [0.2, 0.25) is 0 Å². The van der Waals surface area contributed by atoms with Crippen LogP contribution < -0.4 is 14.8 Å². The SMILES string of the molecule is CCN(CC)N(CC)C(=O)COc1cc2c(O)c3c(O)c(C)c4c(c13)C(=O)[C@@](C)(O/C=C/[C@H](OC)[C@@H](C)[C@@H](OC(C)=O)[C@H](C)[C@@H](O)[C@H](C)[C@H](O)[C@H](C)/C=C/C=C(/C)C(=O)N2)O4. The van der Waals surface area contributed by atoms with Gasteiger partial charge in [-0.25, -0.2) is 5.01 Å². The smallest absolute Gasteiger partial charge is 0.312 e. The van der Waals surface area contributed by atoms with Gasteiger partial charge in [0.15, 0.2) is 12.4 Å². The zero-order chi connectivity index (χ0) is 45.7. The Bertz CT molecular complexity index is 2060. The molecule has 0 saturated heterocycles. The van der Waals surface area contributed by atoms with Gasteiger partial charge < -0.3 is 49.4 Å². The number of aliphatic hydroxyl groups excluding tert-OH is 2. The van der Waals surface area contributed by atoms with E-state index >= 15 is 0 Å². The van der Waals surface area contributed by atoms with Crippen molar-refractivity contribution in [2.24, 2.45) is 23.7 Å². The topological polar surface area (TPSA) is 214 Å². The van der Waals surface area contributed by atoms with Crippen LogP contribution >= 0.6 is 0 Å². The summed E-state index contributed by atoms with van der Waals surface area (Å²) < 4.78 is 29.9. The lowest BCUT2D eigenvalue weighted by Crippen LogP contribution is -2.48. The first-order valence-electron chi connectivity index (χ1n) is 20.7. The van der Waals surface area contributed by atoms with E-state index in [1.165, 1.54) is 64.3 Å². The Balaban J connectivity index is 1.94. The normalized spacial score (nSPS) is 29.3. The summed E-state index contributed by atoms with van der Waals surface area (Å²) >= 11 is 0. The number of nitrogens with zero attached hydrogens (tertiary/aromatic N) is 2. The summed E-state index contributed by atoms with van der Waals surface area (Å²) in [5.41, 5.74) is -0.0287. The van der Waals surface area contributed by atoms with E-state index in [0.29, 0.717) is 19.6 Å². The molecule has 3 aliphatic rings. The fourth-order valence-corrected chi connectivity index (χ4v) is 8.06. The molecular weight excluding hydrogens is 791 g/mol. The third-order valence-electron chi connectivity index (χ3n) is 11.8. The maximum atomic E-state index is 14.6. The molecule has 0 aliphatic carbocycles. The van der Waals surface area contributed by atoms with E-state index in [-0.39, 0.29) is 44.7 Å². The van der Waals surface area contributed by atoms with Crippen molar-refractivity contribution >= 4 is 40.0 Å². The summed E-state index contributed by atoms with van der Waals surface area (Å²) in [5.74, 6) is -8.12. The van der Waals surface area contributed by atoms with Crippen molar-refractivity contribution in [3.8, 4) is 23.0 Å². The molecule has 3 heterocycles. The van der Waals surface area contributed by atoms with Crippen molar-refractivity contribution in [2.75, 3.05) is 38.7 Å². The average molecular weight is 854 g/mol. The lowest BCUT2D eigenvalue weighted by atomic mass is 9.78. The molecule has 16 heteroatoms. The number of hydrazine groups is 1. The molecular formula is C45H63N3O13. The van der Waals surface area contributed by atoms with Gasteiger partial charge in [0.1, 0.15) is 23.4 Å². The number of phenols is 2. The summed E-state index contributed by atoms with van der Waals surface area (Å²) in [6.07, 6.45) is 3.59. The standard InChI is InChI=1S/C45H63N3O13/c1-13-47(14-2)48(15-3)33(50)22-58-32-21-30-40(54)35-34(32)36-42(28(9)39(35)53)61-45(11,43(36)55)59-20-19-31(57-12)25(6)41(60-29(10)49)27(8)38(52)26(7)37(51)23(4)17-16-18-24(5)44(56)46-30/h16-21,23,25-27,31,37-38,41,51-54H,13-15,22H2,1-12H3,(H,46,56)/b17-16+,20-19+,24-18-/t23-,25-,26-,27-,31+,37-,38+,41-,45+/m1/s1. The molecule has 0 spiro atoms. The van der Waals surface area contributed by atoms with E-state index in [1.807, 2.05) is 25.8 Å². The second kappa shape index (κ2) is 20.1. The van der Waals surface area contributed by atoms with Gasteiger partial charge in [-0.2, -0.15) is 0 Å². The fourth-order valence-electron chi connectivity index (χ4n) is 8.06. The monoisotopic (exact) mass is 853 g/mol. The number of carbonyl (C=O) groups is 4. The van der Waals surface area contributed by atoms with Gasteiger partial charge in [-0.05, 0) is 26.8 Å². The maximum Gasteiger partial charge on any atom is 0.312 e. The Morgan fingerprint density at radius 3 is 2.16 bits per heavy atom. The highest BCUT2D eigenvalue weighted by atomic mass is 16.7. The highest BCUT2D eigenvalue weighted by Gasteiger charge is 2.50. The molecule has 2 aromatic carbocycles. The first kappa shape index (κ1) is 48.5. The van der Waals surface area contributed by atoms with Crippen molar-refractivity contribution in [3.05, 3.63) is 53.3 Å². The summed E-state index contributed by atoms with van der Waals surface area (Å²) in [6, 6.07) is 1.27. The number of amides is 2. The molecule has 0 saturated carbocycles. The minimum absolute atomic E-state index is 0.0624. The molecule has 0 radical (unpaired) electrons. The lowest BCUT2D eigenvalue weighted by molar-refractivity contribution is -0.160. The number of hydrogen-bond acceptors (Lipinski definition) is 14. The van der Waals surface area contributed by atoms with Crippen LogP contribution in [0.5, 0.6) is 23.0 Å². The molecule has 3 aliphatic heterocycles. The van der Waals surface area contributed by atoms with Crippen molar-refractivity contribution in [2.45, 2.75) is 106 Å². The predicted molar refractivity (Wildman–Crippen MR) is 228 cm³/mol. The minimum atomic E-state index is -2.03. The van der Waals surface area contributed by atoms with Gasteiger partial charge in [0, 0.05) is 86.9 Å². The number of esters is 1. The number of aliphatic hydroxyl groups is 2. The maximum absolute atomic E-state index is 14.6. The number of rotatable bonds is 9. The number of ether oxygens (including phenoxy) is 5. The zero-order valence-corrected chi connectivity index (χ0v) is 37.3. The number of fused-ring (bicyclic) bond motifs is 14. The van der Waals surface area contributed by atoms with Crippen LogP contribution in [0.15, 0.2) is 42.2 Å². The number of hydrogen-bond donors (Lipinski definition) is 5. The predicted octanol–water partition coefficient (Wildman–Crippen LogP) is 5.53. The zero-order valence-electron chi connectivity index (χ0n) is 37.3. The molecule has 5 rings (SSSR count). The quantitative estimate of drug-likeness (QED) is 0.119. The third-order valence-corrected chi connectivity index (χ3v) is 11.8. The van der Waals surface area contributed by atoms with Crippen molar-refractivity contribution in [3.63, 3.8) is 0 Å². The number of likely N-dealkylation sites (N-methyl/N-ethyl adjacent to an activating group) is 1. The van der Waals surface area contributed by atoms with E-state index in [1.54, 1.807) is 39.8 Å². The fraction of sp³-hybridized carbons (Fsp3) is 0.556. The Morgan fingerprint density at radius 2 is 1.57 bits per heavy atom. The molecule has 0 aromatic heterocycles. The summed E-state index contributed by atoms with van der Waals surface area (Å²) in [6.45, 7) is 19.1. The molecule has 61 heavy (non-hydrogen) atoms. The number of nitrogens with one attached hydrogen (secondary N) is 1. The first-order chi connectivity index (χ1) is 28.7. The average Bonchev–Trinajstić information content (AvgIpc) is 3.49. The number of benzene rings is 2. The highest BCUT2D eigenvalue weighted by Crippen LogP contribution is 2.54. The van der Waals surface area contributed by atoms with Gasteiger partial charge >= 0.3 is 11.8 Å². The number of methoxy groups -OCH3 is 1. The Hall–Kier alpha value is -5.16. The number of allylic oxidation sites excluding steroid dienone is 2. The van der Waals surface area contributed by atoms with Crippen LogP contribution in [0.25, 0.3) is 10.8 Å². The van der Waals surface area contributed by atoms with Gasteiger partial charge in [-0.3, -0.25) is 24.2 Å². The van der Waals surface area contributed by atoms with Crippen LogP contribution in [0.4, 0.5) is 5.69 Å². The highest BCUT2D eigenvalue weighted by molar-refractivity contribution is 6.21. The summed E-state index contributed by atoms with van der Waals surface area (Å²) in [4.78, 5) is 54.1. The molecule has 2 aromatic rings. The third kappa shape index (κ3) is 9.98. The van der Waals surface area contributed by atoms with Gasteiger partial charge in [0.25, 0.3) is 17.6 Å². The lowest BCUT2D eigenvalue weighted by Gasteiger charge is -2.38. The largest absolute Gasteiger partial charge is 0.507 e. The van der Waals surface area contributed by atoms with E-state index in [0.717, 1.165) is 0 Å².